The second-order valence-corrected chi connectivity index (χ2v) is 10.7. The van der Waals surface area contributed by atoms with Crippen LogP contribution in [-0.2, 0) is 17.6 Å². The Balaban J connectivity index is 1.67. The van der Waals surface area contributed by atoms with E-state index in [4.69, 9.17) is 10.5 Å². The van der Waals surface area contributed by atoms with Gasteiger partial charge in [0.2, 0.25) is 0 Å². The zero-order valence-corrected chi connectivity index (χ0v) is 20.0. The lowest BCUT2D eigenvalue weighted by atomic mass is 9.72. The minimum atomic E-state index is -0.483. The van der Waals surface area contributed by atoms with E-state index in [9.17, 15) is 9.59 Å². The van der Waals surface area contributed by atoms with E-state index in [-0.39, 0.29) is 17.9 Å². The van der Waals surface area contributed by atoms with Crippen LogP contribution in [0.4, 0.5) is 5.00 Å². The molecule has 2 amide bonds. The van der Waals surface area contributed by atoms with Gasteiger partial charge < -0.3 is 15.8 Å². The van der Waals surface area contributed by atoms with Crippen molar-refractivity contribution in [2.75, 3.05) is 11.9 Å². The Hall–Kier alpha value is -2.34. The average Bonchev–Trinajstić information content (AvgIpc) is 3.08. The van der Waals surface area contributed by atoms with Gasteiger partial charge in [0.1, 0.15) is 10.8 Å². The number of carbonyl (C=O) groups excluding carboxylic acids is 2. The van der Waals surface area contributed by atoms with Crippen LogP contribution in [0.25, 0.3) is 0 Å². The highest BCUT2D eigenvalue weighted by atomic mass is 32.1. The Bertz CT molecular complexity index is 941. The lowest BCUT2D eigenvalue weighted by Crippen LogP contribution is -2.27. The van der Waals surface area contributed by atoms with Crippen molar-refractivity contribution in [2.45, 2.75) is 66.2 Å². The third-order valence-electron chi connectivity index (χ3n) is 6.42. The van der Waals surface area contributed by atoms with Gasteiger partial charge in [-0.05, 0) is 66.2 Å². The molecule has 2 unspecified atom stereocenters. The molecule has 1 aromatic carbocycles. The first-order valence-electron chi connectivity index (χ1n) is 11.1. The van der Waals surface area contributed by atoms with Gasteiger partial charge in [-0.3, -0.25) is 9.59 Å². The maximum atomic E-state index is 12.5. The van der Waals surface area contributed by atoms with Crippen LogP contribution < -0.4 is 15.8 Å². The normalized spacial score (nSPS) is 17.0. The maximum Gasteiger partial charge on any atom is 0.262 e. The number of anilines is 1. The van der Waals surface area contributed by atoms with Gasteiger partial charge in [0, 0.05) is 4.88 Å². The molecule has 0 aliphatic heterocycles. The van der Waals surface area contributed by atoms with Crippen LogP contribution in [0.15, 0.2) is 24.3 Å². The standard InChI is InChI=1S/C25H34N2O3S/c1-6-15(2)16-7-10-18(11-8-16)30-14-21(28)27-24-22(23(26)29)19-12-9-17(25(3,4)5)13-20(19)31-24/h7-8,10-11,15,17H,6,9,12-14H2,1-5H3,(H2,26,29)(H,27,28). The third-order valence-corrected chi connectivity index (χ3v) is 7.59. The fourth-order valence-corrected chi connectivity index (χ4v) is 5.46. The summed E-state index contributed by atoms with van der Waals surface area (Å²) in [5.74, 6) is 0.913. The molecule has 3 rings (SSSR count). The second-order valence-electron chi connectivity index (χ2n) is 9.59. The highest BCUT2D eigenvalue weighted by Gasteiger charge is 2.33. The van der Waals surface area contributed by atoms with Crippen molar-refractivity contribution in [2.24, 2.45) is 17.1 Å². The Morgan fingerprint density at radius 3 is 2.52 bits per heavy atom. The fraction of sp³-hybridized carbons (Fsp3) is 0.520. The molecule has 5 nitrogen and oxygen atoms in total. The van der Waals surface area contributed by atoms with Crippen molar-refractivity contribution in [1.82, 2.24) is 0 Å². The number of nitrogens with two attached hydrogens (primary N) is 1. The number of rotatable bonds is 7. The minimum Gasteiger partial charge on any atom is -0.484 e. The molecule has 1 aliphatic rings. The molecule has 31 heavy (non-hydrogen) atoms. The van der Waals surface area contributed by atoms with Crippen molar-refractivity contribution in [1.29, 1.82) is 0 Å². The molecule has 168 valence electrons. The zero-order valence-electron chi connectivity index (χ0n) is 19.2. The van der Waals surface area contributed by atoms with Crippen molar-refractivity contribution in [3.05, 3.63) is 45.8 Å². The first-order chi connectivity index (χ1) is 14.6. The van der Waals surface area contributed by atoms with E-state index in [1.165, 1.54) is 16.9 Å². The topological polar surface area (TPSA) is 81.4 Å². The van der Waals surface area contributed by atoms with E-state index < -0.39 is 5.91 Å². The molecular formula is C25H34N2O3S. The van der Waals surface area contributed by atoms with Crippen LogP contribution in [0.2, 0.25) is 0 Å². The van der Waals surface area contributed by atoms with Crippen molar-refractivity contribution < 1.29 is 14.3 Å². The van der Waals surface area contributed by atoms with Gasteiger partial charge >= 0.3 is 0 Å². The van der Waals surface area contributed by atoms with Crippen LogP contribution in [0.1, 0.15) is 79.7 Å². The number of nitrogens with one attached hydrogen (secondary N) is 1. The number of amides is 2. The van der Waals surface area contributed by atoms with Crippen molar-refractivity contribution in [3.8, 4) is 5.75 Å². The lowest BCUT2D eigenvalue weighted by Gasteiger charge is -2.33. The van der Waals surface area contributed by atoms with Gasteiger partial charge in [-0.25, -0.2) is 0 Å². The summed E-state index contributed by atoms with van der Waals surface area (Å²) in [6.07, 6.45) is 3.84. The number of hydrogen-bond acceptors (Lipinski definition) is 4. The minimum absolute atomic E-state index is 0.117. The van der Waals surface area contributed by atoms with Gasteiger partial charge in [0.15, 0.2) is 6.61 Å². The molecule has 0 fully saturated rings. The number of primary amides is 1. The van der Waals surface area contributed by atoms with Crippen LogP contribution >= 0.6 is 11.3 Å². The Kier molecular flexibility index (Phi) is 7.10. The lowest BCUT2D eigenvalue weighted by molar-refractivity contribution is -0.118. The van der Waals surface area contributed by atoms with Gasteiger partial charge in [0.25, 0.3) is 11.8 Å². The molecule has 2 atom stereocenters. The molecule has 0 saturated heterocycles. The quantitative estimate of drug-likeness (QED) is 0.591. The van der Waals surface area contributed by atoms with Gasteiger partial charge in [-0.2, -0.15) is 0 Å². The molecule has 0 saturated carbocycles. The Morgan fingerprint density at radius 2 is 1.94 bits per heavy atom. The second kappa shape index (κ2) is 9.43. The number of carbonyl (C=O) groups is 2. The average molecular weight is 443 g/mol. The summed E-state index contributed by atoms with van der Waals surface area (Å²) in [4.78, 5) is 25.9. The van der Waals surface area contributed by atoms with Gasteiger partial charge in [0.05, 0.1) is 5.56 Å². The fourth-order valence-electron chi connectivity index (χ4n) is 4.11. The van der Waals surface area contributed by atoms with Gasteiger partial charge in [-0.1, -0.05) is 46.8 Å². The molecule has 0 radical (unpaired) electrons. The van der Waals surface area contributed by atoms with Crippen molar-refractivity contribution in [3.63, 3.8) is 0 Å². The summed E-state index contributed by atoms with van der Waals surface area (Å²) < 4.78 is 5.65. The molecule has 1 heterocycles. The molecule has 1 aliphatic carbocycles. The van der Waals surface area contributed by atoms with Crippen LogP contribution in [0.5, 0.6) is 5.75 Å². The summed E-state index contributed by atoms with van der Waals surface area (Å²) in [6, 6.07) is 7.84. The Morgan fingerprint density at radius 1 is 1.26 bits per heavy atom. The number of ether oxygens (including phenoxy) is 1. The zero-order chi connectivity index (χ0) is 22.8. The molecular weight excluding hydrogens is 408 g/mol. The molecule has 0 bridgehead atoms. The summed E-state index contributed by atoms with van der Waals surface area (Å²) in [5, 5.41) is 3.41. The van der Waals surface area contributed by atoms with Crippen LogP contribution in [-0.4, -0.2) is 18.4 Å². The molecule has 0 spiro atoms. The first kappa shape index (κ1) is 23.3. The maximum absolute atomic E-state index is 12.5. The largest absolute Gasteiger partial charge is 0.484 e. The van der Waals surface area contributed by atoms with E-state index in [2.05, 4.69) is 39.9 Å². The van der Waals surface area contributed by atoms with E-state index in [1.807, 2.05) is 24.3 Å². The predicted molar refractivity (Wildman–Crippen MR) is 127 cm³/mol. The molecule has 6 heteroatoms. The number of hydrogen-bond donors (Lipinski definition) is 2. The van der Waals surface area contributed by atoms with Gasteiger partial charge in [-0.15, -0.1) is 11.3 Å². The smallest absolute Gasteiger partial charge is 0.262 e. The number of fused-ring (bicyclic) bond motifs is 1. The van der Waals surface area contributed by atoms with Crippen molar-refractivity contribution >= 4 is 28.2 Å². The van der Waals surface area contributed by atoms with Crippen LogP contribution in [0, 0.1) is 11.3 Å². The molecule has 1 aromatic heterocycles. The number of thiophene rings is 1. The Labute approximate surface area is 189 Å². The SMILES string of the molecule is CCC(C)c1ccc(OCC(=O)Nc2sc3c(c2C(N)=O)CCC(C(C)(C)C)C3)cc1. The summed E-state index contributed by atoms with van der Waals surface area (Å²) in [7, 11) is 0. The number of benzene rings is 1. The summed E-state index contributed by atoms with van der Waals surface area (Å²) in [5.41, 5.74) is 8.62. The highest BCUT2D eigenvalue weighted by molar-refractivity contribution is 7.17. The van der Waals surface area contributed by atoms with Crippen LogP contribution in [0.3, 0.4) is 0 Å². The molecule has 2 aromatic rings. The third kappa shape index (κ3) is 5.48. The van der Waals surface area contributed by atoms with E-state index in [0.29, 0.717) is 28.1 Å². The monoisotopic (exact) mass is 442 g/mol. The highest BCUT2D eigenvalue weighted by Crippen LogP contribution is 2.44. The van der Waals surface area contributed by atoms with E-state index in [1.54, 1.807) is 0 Å². The van der Waals surface area contributed by atoms with E-state index in [0.717, 1.165) is 36.1 Å². The predicted octanol–water partition coefficient (Wildman–Crippen LogP) is 5.53. The first-order valence-corrected chi connectivity index (χ1v) is 11.9. The summed E-state index contributed by atoms with van der Waals surface area (Å²) in [6.45, 7) is 11.0. The summed E-state index contributed by atoms with van der Waals surface area (Å²) >= 11 is 1.48. The van der Waals surface area contributed by atoms with E-state index >= 15 is 0 Å². The molecule has 3 N–H and O–H groups in total.